The zero-order valence-electron chi connectivity index (χ0n) is 25.7. The van der Waals surface area contributed by atoms with Crippen molar-refractivity contribution < 1.29 is 4.42 Å². The summed E-state index contributed by atoms with van der Waals surface area (Å²) < 4.78 is 9.16. The second-order valence-corrected chi connectivity index (χ2v) is 13.2. The number of benzene rings is 7. The number of aromatic nitrogens is 2. The second-order valence-electron chi connectivity index (χ2n) is 12.1. The maximum atomic E-state index is 6.87. The van der Waals surface area contributed by atoms with Gasteiger partial charge in [0.2, 0.25) is 0 Å². The normalized spacial score (nSPS) is 11.8. The number of nitrogens with zero attached hydrogens (tertiary/aromatic N) is 2. The van der Waals surface area contributed by atoms with Crippen LogP contribution < -0.4 is 0 Å². The van der Waals surface area contributed by atoms with Crippen molar-refractivity contribution >= 4 is 64.4 Å². The maximum absolute atomic E-state index is 6.87. The Morgan fingerprint density at radius 1 is 0.479 bits per heavy atom. The van der Waals surface area contributed by atoms with Crippen molar-refractivity contribution in [2.24, 2.45) is 0 Å². The number of hydrogen-bond donors (Lipinski definition) is 0. The molecule has 0 spiro atoms. The third-order valence-corrected chi connectivity index (χ3v) is 10.5. The quantitative estimate of drug-likeness (QED) is 0.194. The van der Waals surface area contributed by atoms with Crippen LogP contribution in [0.3, 0.4) is 0 Å². The molecule has 0 N–H and O–H groups in total. The molecule has 10 rings (SSSR count). The Hall–Kier alpha value is -6.10. The zero-order chi connectivity index (χ0) is 31.6. The van der Waals surface area contributed by atoms with E-state index in [0.29, 0.717) is 5.82 Å². The summed E-state index contributed by atoms with van der Waals surface area (Å²) in [6, 6.07) is 55.4. The molecule has 0 saturated heterocycles. The van der Waals surface area contributed by atoms with Crippen molar-refractivity contribution in [3.8, 4) is 44.9 Å². The summed E-state index contributed by atoms with van der Waals surface area (Å²) in [5.74, 6) is 0.655. The zero-order valence-corrected chi connectivity index (χ0v) is 26.5. The summed E-state index contributed by atoms with van der Waals surface area (Å²) in [6.07, 6.45) is 0. The predicted octanol–water partition coefficient (Wildman–Crippen LogP) is 12.6. The molecule has 0 unspecified atom stereocenters. The molecule has 7 aromatic carbocycles. The number of rotatable bonds is 4. The van der Waals surface area contributed by atoms with E-state index in [2.05, 4.69) is 152 Å². The van der Waals surface area contributed by atoms with Gasteiger partial charge in [-0.25, -0.2) is 9.97 Å². The van der Waals surface area contributed by atoms with E-state index in [0.717, 1.165) is 70.9 Å². The third-order valence-electron chi connectivity index (χ3n) is 9.30. The van der Waals surface area contributed by atoms with Crippen LogP contribution in [0, 0.1) is 0 Å². The minimum absolute atomic E-state index is 0.655. The largest absolute Gasteiger partial charge is 0.455 e. The maximum Gasteiger partial charge on any atom is 0.164 e. The summed E-state index contributed by atoms with van der Waals surface area (Å²) in [6.45, 7) is 0. The Labute approximate surface area is 280 Å². The lowest BCUT2D eigenvalue weighted by atomic mass is 9.93. The van der Waals surface area contributed by atoms with Crippen LogP contribution in [-0.4, -0.2) is 9.97 Å². The lowest BCUT2D eigenvalue weighted by Gasteiger charge is -2.11. The van der Waals surface area contributed by atoms with Crippen molar-refractivity contribution in [2.45, 2.75) is 0 Å². The standard InChI is InChI=1S/C44H26N2OS/c1-3-12-27(13-4-1)30-17-11-18-31(26-30)33-23-24-35(42-39(33)38-32-19-8-7-14-28(32)22-25-36(38)47-42)44-45-40(29-15-5-2-6-16-29)43-41(46-44)34-20-9-10-21-37(34)48-43/h1-26H. The molecule has 0 saturated carbocycles. The molecule has 0 aliphatic carbocycles. The Bertz CT molecular complexity index is 2830. The summed E-state index contributed by atoms with van der Waals surface area (Å²) in [7, 11) is 0. The van der Waals surface area contributed by atoms with Gasteiger partial charge < -0.3 is 4.42 Å². The minimum atomic E-state index is 0.655. The number of furan rings is 1. The fourth-order valence-corrected chi connectivity index (χ4v) is 8.21. The molecule has 0 amide bonds. The highest BCUT2D eigenvalue weighted by Gasteiger charge is 2.23. The van der Waals surface area contributed by atoms with Crippen molar-refractivity contribution in [1.29, 1.82) is 0 Å². The van der Waals surface area contributed by atoms with Gasteiger partial charge in [-0.15, -0.1) is 11.3 Å². The van der Waals surface area contributed by atoms with E-state index in [1.165, 1.54) is 21.2 Å². The van der Waals surface area contributed by atoms with Gasteiger partial charge in [-0.05, 0) is 57.3 Å². The molecule has 0 radical (unpaired) electrons. The van der Waals surface area contributed by atoms with Gasteiger partial charge in [-0.2, -0.15) is 0 Å². The van der Waals surface area contributed by atoms with Gasteiger partial charge in [0.05, 0.1) is 21.5 Å². The van der Waals surface area contributed by atoms with Crippen molar-refractivity contribution in [1.82, 2.24) is 9.97 Å². The van der Waals surface area contributed by atoms with E-state index < -0.39 is 0 Å². The van der Waals surface area contributed by atoms with Crippen LogP contribution in [0.15, 0.2) is 162 Å². The molecule has 3 aromatic heterocycles. The van der Waals surface area contributed by atoms with Gasteiger partial charge >= 0.3 is 0 Å². The first-order chi connectivity index (χ1) is 23.8. The van der Waals surface area contributed by atoms with Crippen molar-refractivity contribution in [3.05, 3.63) is 158 Å². The topological polar surface area (TPSA) is 38.9 Å². The Kier molecular flexibility index (Phi) is 6.05. The number of fused-ring (bicyclic) bond motifs is 8. The number of thiophene rings is 1. The van der Waals surface area contributed by atoms with Crippen LogP contribution in [0.25, 0.3) is 97.9 Å². The molecule has 224 valence electrons. The van der Waals surface area contributed by atoms with E-state index >= 15 is 0 Å². The Morgan fingerprint density at radius 2 is 1.17 bits per heavy atom. The summed E-state index contributed by atoms with van der Waals surface area (Å²) >= 11 is 1.75. The lowest BCUT2D eigenvalue weighted by Crippen LogP contribution is -1.94. The van der Waals surface area contributed by atoms with Crippen molar-refractivity contribution in [3.63, 3.8) is 0 Å². The minimum Gasteiger partial charge on any atom is -0.455 e. The third kappa shape index (κ3) is 4.20. The monoisotopic (exact) mass is 630 g/mol. The van der Waals surface area contributed by atoms with Gasteiger partial charge in [0.25, 0.3) is 0 Å². The van der Waals surface area contributed by atoms with Gasteiger partial charge in [-0.3, -0.25) is 0 Å². The van der Waals surface area contributed by atoms with Crippen LogP contribution >= 0.6 is 11.3 Å². The smallest absolute Gasteiger partial charge is 0.164 e. The molecular weight excluding hydrogens is 605 g/mol. The SMILES string of the molecule is c1ccc(-c2cccc(-c3ccc(-c4nc(-c5ccccc5)c5sc6ccccc6c5n4)c4oc5ccc6ccccc6c5c34)c2)cc1. The van der Waals surface area contributed by atoms with Gasteiger partial charge in [0, 0.05) is 26.4 Å². The molecule has 0 atom stereocenters. The first kappa shape index (κ1) is 27.1. The van der Waals surface area contributed by atoms with Crippen LogP contribution in [0.5, 0.6) is 0 Å². The van der Waals surface area contributed by atoms with Crippen LogP contribution in [-0.2, 0) is 0 Å². The van der Waals surface area contributed by atoms with Crippen LogP contribution in [0.1, 0.15) is 0 Å². The van der Waals surface area contributed by atoms with Crippen LogP contribution in [0.2, 0.25) is 0 Å². The first-order valence-corrected chi connectivity index (χ1v) is 16.9. The van der Waals surface area contributed by atoms with Gasteiger partial charge in [0.1, 0.15) is 11.2 Å². The number of hydrogen-bond acceptors (Lipinski definition) is 4. The fourth-order valence-electron chi connectivity index (χ4n) is 7.06. The first-order valence-electron chi connectivity index (χ1n) is 16.1. The van der Waals surface area contributed by atoms with Gasteiger partial charge in [-0.1, -0.05) is 133 Å². The molecule has 10 aromatic rings. The molecule has 0 bridgehead atoms. The van der Waals surface area contributed by atoms with E-state index in [4.69, 9.17) is 14.4 Å². The molecule has 3 nitrogen and oxygen atoms in total. The second kappa shape index (κ2) is 10.7. The van der Waals surface area contributed by atoms with Crippen LogP contribution in [0.4, 0.5) is 0 Å². The van der Waals surface area contributed by atoms with E-state index in [1.54, 1.807) is 11.3 Å². The molecule has 3 heterocycles. The highest BCUT2D eigenvalue weighted by Crippen LogP contribution is 2.46. The van der Waals surface area contributed by atoms with E-state index in [-0.39, 0.29) is 0 Å². The van der Waals surface area contributed by atoms with Gasteiger partial charge in [0.15, 0.2) is 5.82 Å². The summed E-state index contributed by atoms with van der Waals surface area (Å²) in [5, 5.41) is 5.66. The predicted molar refractivity (Wildman–Crippen MR) is 201 cm³/mol. The van der Waals surface area contributed by atoms with Crippen molar-refractivity contribution in [2.75, 3.05) is 0 Å². The highest BCUT2D eigenvalue weighted by molar-refractivity contribution is 7.26. The average Bonchev–Trinajstić information content (AvgIpc) is 3.74. The lowest BCUT2D eigenvalue weighted by molar-refractivity contribution is 0.670. The Morgan fingerprint density at radius 3 is 2.02 bits per heavy atom. The molecule has 0 aliphatic heterocycles. The average molecular weight is 631 g/mol. The van der Waals surface area contributed by atoms with E-state index in [1.807, 2.05) is 6.07 Å². The molecule has 48 heavy (non-hydrogen) atoms. The molecular formula is C44H26N2OS. The molecule has 0 aliphatic rings. The summed E-state index contributed by atoms with van der Waals surface area (Å²) in [5.41, 5.74) is 10.1. The Balaban J connectivity index is 1.30. The summed E-state index contributed by atoms with van der Waals surface area (Å²) in [4.78, 5) is 10.6. The van der Waals surface area contributed by atoms with E-state index in [9.17, 15) is 0 Å². The fraction of sp³-hybridized carbons (Fsp3) is 0. The molecule has 0 fully saturated rings. The highest BCUT2D eigenvalue weighted by atomic mass is 32.1. The molecule has 4 heteroatoms.